The van der Waals surface area contributed by atoms with Crippen LogP contribution in [0.25, 0.3) is 33.0 Å². The van der Waals surface area contributed by atoms with Gasteiger partial charge in [0.25, 0.3) is 17.4 Å². The van der Waals surface area contributed by atoms with E-state index in [0.29, 0.717) is 22.0 Å². The highest BCUT2D eigenvalue weighted by Gasteiger charge is 2.35. The minimum atomic E-state index is -2.70. The lowest BCUT2D eigenvalue weighted by molar-refractivity contribution is -0.0494. The summed E-state index contributed by atoms with van der Waals surface area (Å²) in [6.45, 7) is 0.0679. The van der Waals surface area contributed by atoms with E-state index in [1.807, 2.05) is 24.3 Å². The molecule has 0 spiro atoms. The van der Waals surface area contributed by atoms with Gasteiger partial charge in [0.1, 0.15) is 0 Å². The standard InChI is InChI=1S/C23H19F2N3O3/c1-27-22(30)18-6-5-14(12-19(18)31-27)17-4-2-3-15-11-16(13-26-20(15)17)21(29)28-9-7-23(24,25)8-10-28/h2-6,11-13H,7-10H2,1H3. The highest BCUT2D eigenvalue weighted by Crippen LogP contribution is 2.31. The average molecular weight is 423 g/mol. The third kappa shape index (κ3) is 3.37. The van der Waals surface area contributed by atoms with Crippen LogP contribution in [0.15, 0.2) is 58.0 Å². The number of carbonyl (C=O) groups is 1. The molecule has 1 fully saturated rings. The summed E-state index contributed by atoms with van der Waals surface area (Å²) in [7, 11) is 1.56. The third-order valence-corrected chi connectivity index (χ3v) is 5.78. The number of para-hydroxylation sites is 1. The normalized spacial score (nSPS) is 16.2. The molecule has 1 aliphatic heterocycles. The monoisotopic (exact) mass is 423 g/mol. The largest absolute Gasteiger partial charge is 0.376 e. The maximum absolute atomic E-state index is 13.4. The van der Waals surface area contributed by atoms with E-state index < -0.39 is 5.92 Å². The topological polar surface area (TPSA) is 68.3 Å². The van der Waals surface area contributed by atoms with Gasteiger partial charge in [-0.2, -0.15) is 4.74 Å². The van der Waals surface area contributed by atoms with Crippen LogP contribution in [0.2, 0.25) is 0 Å². The van der Waals surface area contributed by atoms with Crippen LogP contribution in [-0.4, -0.2) is 39.5 Å². The molecule has 0 aliphatic carbocycles. The summed E-state index contributed by atoms with van der Waals surface area (Å²) in [6.07, 6.45) is 0.853. The molecule has 0 atom stereocenters. The number of hydrogen-bond donors (Lipinski definition) is 0. The number of rotatable bonds is 2. The molecule has 5 rings (SSSR count). The number of fused-ring (bicyclic) bond motifs is 2. The van der Waals surface area contributed by atoms with Crippen molar-refractivity contribution in [1.29, 1.82) is 0 Å². The number of hydrogen-bond acceptors (Lipinski definition) is 4. The number of alkyl halides is 2. The first-order valence-corrected chi connectivity index (χ1v) is 9.99. The summed E-state index contributed by atoms with van der Waals surface area (Å²) in [5.41, 5.74) is 3.02. The SMILES string of the molecule is Cn1oc2cc(-c3cccc4cc(C(=O)N5CCC(F)(F)CC5)cnc34)ccc2c1=O. The number of benzene rings is 2. The summed E-state index contributed by atoms with van der Waals surface area (Å²) < 4.78 is 33.5. The lowest BCUT2D eigenvalue weighted by Gasteiger charge is -2.31. The minimum Gasteiger partial charge on any atom is -0.376 e. The van der Waals surface area contributed by atoms with Crippen molar-refractivity contribution in [3.63, 3.8) is 0 Å². The van der Waals surface area contributed by atoms with E-state index in [1.165, 1.54) is 15.8 Å². The number of piperidine rings is 1. The van der Waals surface area contributed by atoms with E-state index in [9.17, 15) is 18.4 Å². The Morgan fingerprint density at radius 1 is 1.13 bits per heavy atom. The van der Waals surface area contributed by atoms with E-state index >= 15 is 0 Å². The fourth-order valence-corrected chi connectivity index (χ4v) is 4.03. The maximum atomic E-state index is 13.4. The molecule has 6 nitrogen and oxygen atoms in total. The molecule has 0 radical (unpaired) electrons. The second-order valence-electron chi connectivity index (χ2n) is 7.85. The van der Waals surface area contributed by atoms with E-state index in [-0.39, 0.29) is 37.4 Å². The third-order valence-electron chi connectivity index (χ3n) is 5.78. The smallest absolute Gasteiger partial charge is 0.290 e. The molecule has 0 saturated carbocycles. The first-order chi connectivity index (χ1) is 14.8. The lowest BCUT2D eigenvalue weighted by atomic mass is 10.00. The highest BCUT2D eigenvalue weighted by atomic mass is 19.3. The van der Waals surface area contributed by atoms with E-state index in [1.54, 1.807) is 25.2 Å². The van der Waals surface area contributed by atoms with Crippen molar-refractivity contribution in [3.05, 3.63) is 64.6 Å². The van der Waals surface area contributed by atoms with Gasteiger partial charge in [-0.1, -0.05) is 24.3 Å². The summed E-state index contributed by atoms with van der Waals surface area (Å²) in [5.74, 6) is -2.99. The number of carbonyl (C=O) groups excluding carboxylic acids is 1. The van der Waals surface area contributed by atoms with Crippen LogP contribution in [0.4, 0.5) is 8.78 Å². The molecule has 1 saturated heterocycles. The van der Waals surface area contributed by atoms with Crippen LogP contribution in [0, 0.1) is 0 Å². The number of pyridine rings is 1. The van der Waals surface area contributed by atoms with Gasteiger partial charge in [-0.15, -0.1) is 0 Å². The second-order valence-corrected chi connectivity index (χ2v) is 7.85. The molecule has 0 bridgehead atoms. The number of aromatic nitrogens is 2. The fourth-order valence-electron chi connectivity index (χ4n) is 4.03. The Kier molecular flexibility index (Phi) is 4.39. The Morgan fingerprint density at radius 3 is 2.68 bits per heavy atom. The van der Waals surface area contributed by atoms with Crippen LogP contribution in [-0.2, 0) is 7.05 Å². The summed E-state index contributed by atoms with van der Waals surface area (Å²) in [4.78, 5) is 30.8. The molecule has 2 aromatic carbocycles. The Balaban J connectivity index is 1.51. The van der Waals surface area contributed by atoms with Crippen LogP contribution in [0.3, 0.4) is 0 Å². The molecule has 3 heterocycles. The molecule has 0 N–H and O–H groups in total. The molecule has 0 unspecified atom stereocenters. The van der Waals surface area contributed by atoms with Gasteiger partial charge in [-0.25, -0.2) is 8.78 Å². The van der Waals surface area contributed by atoms with Gasteiger partial charge in [0.2, 0.25) is 0 Å². The summed E-state index contributed by atoms with van der Waals surface area (Å²) in [5, 5.41) is 1.26. The molecule has 1 amide bonds. The second kappa shape index (κ2) is 7.01. The quantitative estimate of drug-likeness (QED) is 0.484. The van der Waals surface area contributed by atoms with Gasteiger partial charge in [-0.3, -0.25) is 14.6 Å². The number of nitrogens with zero attached hydrogens (tertiary/aromatic N) is 3. The first-order valence-electron chi connectivity index (χ1n) is 9.99. The molecule has 1 aliphatic rings. The summed E-state index contributed by atoms with van der Waals surface area (Å²) in [6, 6.07) is 12.7. The van der Waals surface area contributed by atoms with Gasteiger partial charge in [0.15, 0.2) is 5.58 Å². The van der Waals surface area contributed by atoms with Gasteiger partial charge < -0.3 is 9.42 Å². The number of likely N-dealkylation sites (tertiary alicyclic amines) is 1. The average Bonchev–Trinajstić information content (AvgIpc) is 3.05. The van der Waals surface area contributed by atoms with Crippen molar-refractivity contribution in [2.45, 2.75) is 18.8 Å². The zero-order valence-corrected chi connectivity index (χ0v) is 16.8. The minimum absolute atomic E-state index is 0.0339. The van der Waals surface area contributed by atoms with Crippen LogP contribution >= 0.6 is 0 Å². The number of aryl methyl sites for hydroxylation is 1. The molecule has 4 aromatic rings. The highest BCUT2D eigenvalue weighted by molar-refractivity contribution is 6.01. The van der Waals surface area contributed by atoms with Gasteiger partial charge in [0, 0.05) is 50.1 Å². The maximum Gasteiger partial charge on any atom is 0.290 e. The van der Waals surface area contributed by atoms with Crippen molar-refractivity contribution >= 4 is 27.8 Å². The van der Waals surface area contributed by atoms with Crippen LogP contribution in [0.5, 0.6) is 0 Å². The number of amides is 1. The predicted octanol–water partition coefficient (Wildman–Crippen LogP) is 4.22. The van der Waals surface area contributed by atoms with Gasteiger partial charge >= 0.3 is 0 Å². The van der Waals surface area contributed by atoms with Crippen LogP contribution < -0.4 is 5.56 Å². The van der Waals surface area contributed by atoms with E-state index in [4.69, 9.17) is 4.52 Å². The van der Waals surface area contributed by atoms with Crippen molar-refractivity contribution in [3.8, 4) is 11.1 Å². The van der Waals surface area contributed by atoms with Crippen molar-refractivity contribution in [2.24, 2.45) is 7.05 Å². The fraction of sp³-hybridized carbons (Fsp3) is 0.261. The van der Waals surface area contributed by atoms with Crippen molar-refractivity contribution in [1.82, 2.24) is 14.6 Å². The molecular formula is C23H19F2N3O3. The Morgan fingerprint density at radius 2 is 1.90 bits per heavy atom. The summed E-state index contributed by atoms with van der Waals surface area (Å²) >= 11 is 0. The Hall–Kier alpha value is -3.55. The Bertz CT molecular complexity index is 1380. The zero-order valence-electron chi connectivity index (χ0n) is 16.8. The van der Waals surface area contributed by atoms with Crippen molar-refractivity contribution in [2.75, 3.05) is 13.1 Å². The zero-order chi connectivity index (χ0) is 21.8. The van der Waals surface area contributed by atoms with Gasteiger partial charge in [-0.05, 0) is 23.8 Å². The van der Waals surface area contributed by atoms with Gasteiger partial charge in [0.05, 0.1) is 16.5 Å². The molecular weight excluding hydrogens is 404 g/mol. The molecule has 158 valence electrons. The molecule has 8 heteroatoms. The van der Waals surface area contributed by atoms with Crippen molar-refractivity contribution < 1.29 is 18.1 Å². The predicted molar refractivity (Wildman–Crippen MR) is 112 cm³/mol. The van der Waals surface area contributed by atoms with E-state index in [0.717, 1.165) is 16.5 Å². The molecule has 31 heavy (non-hydrogen) atoms. The lowest BCUT2D eigenvalue weighted by Crippen LogP contribution is -2.42. The number of halogens is 2. The molecule has 2 aromatic heterocycles. The Labute approximate surface area is 175 Å². The van der Waals surface area contributed by atoms with Crippen LogP contribution in [0.1, 0.15) is 23.2 Å². The van der Waals surface area contributed by atoms with E-state index in [2.05, 4.69) is 4.98 Å². The first kappa shape index (κ1) is 19.4.